The van der Waals surface area contributed by atoms with Crippen LogP contribution in [0.3, 0.4) is 0 Å². The maximum atomic E-state index is 8.66. The molecule has 0 saturated carbocycles. The highest BCUT2D eigenvalue weighted by molar-refractivity contribution is 7.11. The Hall–Kier alpha value is -1.13. The topological polar surface area (TPSA) is 45.1 Å². The summed E-state index contributed by atoms with van der Waals surface area (Å²) in [5, 5.41) is 13.9. The van der Waals surface area contributed by atoms with Crippen LogP contribution in [0.15, 0.2) is 24.3 Å². The molecule has 0 fully saturated rings. The van der Waals surface area contributed by atoms with Gasteiger partial charge in [0.1, 0.15) is 5.00 Å². The first-order valence-corrected chi connectivity index (χ1v) is 4.88. The van der Waals surface area contributed by atoms with Gasteiger partial charge in [0.25, 0.3) is 0 Å². The molecule has 1 aromatic carbocycles. The van der Waals surface area contributed by atoms with Crippen LogP contribution in [0, 0.1) is 0 Å². The lowest BCUT2D eigenvalue weighted by Gasteiger charge is -1.99. The maximum Gasteiger partial charge on any atom is 0.117 e. The number of fused-ring (bicyclic) bond motifs is 1. The normalized spacial score (nSPS) is 10.5. The van der Waals surface area contributed by atoms with E-state index in [9.17, 15) is 0 Å². The van der Waals surface area contributed by atoms with Crippen molar-refractivity contribution < 1.29 is 5.11 Å². The zero-order valence-electron chi connectivity index (χ0n) is 7.03. The Labute approximate surface area is 80.2 Å². The molecule has 0 amide bonds. The van der Waals surface area contributed by atoms with Gasteiger partial charge in [0, 0.05) is 11.9 Å². The number of aromatic nitrogens is 1. The third kappa shape index (κ3) is 1.64. The first-order valence-electron chi connectivity index (χ1n) is 4.11. The third-order valence-corrected chi connectivity index (χ3v) is 2.62. The third-order valence-electron chi connectivity index (χ3n) is 1.78. The summed E-state index contributed by atoms with van der Waals surface area (Å²) >= 11 is 1.43. The molecule has 68 valence electrons. The van der Waals surface area contributed by atoms with Crippen LogP contribution in [-0.2, 0) is 0 Å². The number of anilines is 1. The molecule has 0 radical (unpaired) electrons. The summed E-state index contributed by atoms with van der Waals surface area (Å²) in [4.78, 5) is 0. The lowest BCUT2D eigenvalue weighted by Crippen LogP contribution is -2.03. The summed E-state index contributed by atoms with van der Waals surface area (Å²) in [7, 11) is 0. The predicted octanol–water partition coefficient (Wildman–Crippen LogP) is 1.70. The fourth-order valence-corrected chi connectivity index (χ4v) is 1.97. The standard InChI is InChI=1S/C9H10N2OS/c12-6-5-10-9-7-3-1-2-4-8(7)11-13-9/h1-4,10,12H,5-6H2. The van der Waals surface area contributed by atoms with Crippen molar-refractivity contribution in [3.63, 3.8) is 0 Å². The van der Waals surface area contributed by atoms with Gasteiger partial charge in [-0.05, 0) is 23.7 Å². The van der Waals surface area contributed by atoms with Gasteiger partial charge in [0.2, 0.25) is 0 Å². The van der Waals surface area contributed by atoms with E-state index in [0.717, 1.165) is 15.9 Å². The summed E-state index contributed by atoms with van der Waals surface area (Å²) in [6.07, 6.45) is 0. The minimum atomic E-state index is 0.145. The second kappa shape index (κ2) is 3.72. The van der Waals surface area contributed by atoms with E-state index in [2.05, 4.69) is 9.69 Å². The van der Waals surface area contributed by atoms with Crippen molar-refractivity contribution in [2.45, 2.75) is 0 Å². The van der Waals surface area contributed by atoms with Gasteiger partial charge < -0.3 is 10.4 Å². The van der Waals surface area contributed by atoms with E-state index in [1.807, 2.05) is 24.3 Å². The molecule has 0 bridgehead atoms. The molecule has 1 aromatic heterocycles. The SMILES string of the molecule is OCCNc1snc2ccccc12. The smallest absolute Gasteiger partial charge is 0.117 e. The molecule has 2 aromatic rings. The van der Waals surface area contributed by atoms with Crippen molar-refractivity contribution in [2.24, 2.45) is 0 Å². The first-order chi connectivity index (χ1) is 6.42. The fraction of sp³-hybridized carbons (Fsp3) is 0.222. The highest BCUT2D eigenvalue weighted by atomic mass is 32.1. The predicted molar refractivity (Wildman–Crippen MR) is 55.2 cm³/mol. The Kier molecular flexibility index (Phi) is 2.42. The fourth-order valence-electron chi connectivity index (χ4n) is 1.19. The zero-order valence-corrected chi connectivity index (χ0v) is 7.84. The van der Waals surface area contributed by atoms with Gasteiger partial charge in [-0.15, -0.1) is 0 Å². The van der Waals surface area contributed by atoms with E-state index in [-0.39, 0.29) is 6.61 Å². The van der Waals surface area contributed by atoms with E-state index in [4.69, 9.17) is 5.11 Å². The molecule has 2 N–H and O–H groups in total. The summed E-state index contributed by atoms with van der Waals surface area (Å²) in [5.41, 5.74) is 1.01. The molecule has 4 heteroatoms. The van der Waals surface area contributed by atoms with Crippen LogP contribution in [0.2, 0.25) is 0 Å². The Bertz CT molecular complexity index is 399. The molecule has 0 saturated heterocycles. The average Bonchev–Trinajstić information content (AvgIpc) is 2.58. The van der Waals surface area contributed by atoms with E-state index < -0.39 is 0 Å². The molecular weight excluding hydrogens is 184 g/mol. The van der Waals surface area contributed by atoms with Crippen molar-refractivity contribution in [2.75, 3.05) is 18.5 Å². The molecule has 0 aliphatic heterocycles. The van der Waals surface area contributed by atoms with Crippen LogP contribution in [0.25, 0.3) is 10.9 Å². The van der Waals surface area contributed by atoms with Crippen molar-refractivity contribution in [1.82, 2.24) is 4.37 Å². The quantitative estimate of drug-likeness (QED) is 0.781. The Morgan fingerprint density at radius 1 is 1.38 bits per heavy atom. The molecule has 0 aliphatic carbocycles. The molecule has 0 spiro atoms. The van der Waals surface area contributed by atoms with E-state index in [1.54, 1.807) is 0 Å². The van der Waals surface area contributed by atoms with Gasteiger partial charge in [-0.1, -0.05) is 12.1 Å². The van der Waals surface area contributed by atoms with Crippen LogP contribution in [0.5, 0.6) is 0 Å². The van der Waals surface area contributed by atoms with Gasteiger partial charge in [-0.2, -0.15) is 4.37 Å². The van der Waals surface area contributed by atoms with Crippen LogP contribution in [0.1, 0.15) is 0 Å². The van der Waals surface area contributed by atoms with Crippen molar-refractivity contribution >= 4 is 27.4 Å². The van der Waals surface area contributed by atoms with Crippen molar-refractivity contribution in [3.05, 3.63) is 24.3 Å². The van der Waals surface area contributed by atoms with Crippen LogP contribution < -0.4 is 5.32 Å². The molecular formula is C9H10N2OS. The summed E-state index contributed by atoms with van der Waals surface area (Å²) in [5.74, 6) is 0. The summed E-state index contributed by atoms with van der Waals surface area (Å²) in [6.45, 7) is 0.721. The molecule has 3 nitrogen and oxygen atoms in total. The molecule has 1 heterocycles. The van der Waals surface area contributed by atoms with Crippen LogP contribution in [-0.4, -0.2) is 22.6 Å². The van der Waals surface area contributed by atoms with Gasteiger partial charge >= 0.3 is 0 Å². The van der Waals surface area contributed by atoms with Crippen LogP contribution >= 0.6 is 11.5 Å². The van der Waals surface area contributed by atoms with Gasteiger partial charge in [-0.25, -0.2) is 0 Å². The highest BCUT2D eigenvalue weighted by Crippen LogP contribution is 2.26. The monoisotopic (exact) mass is 194 g/mol. The van der Waals surface area contributed by atoms with Gasteiger partial charge in [0.15, 0.2) is 0 Å². The van der Waals surface area contributed by atoms with Gasteiger partial charge in [0.05, 0.1) is 12.1 Å². The molecule has 0 aliphatic rings. The Morgan fingerprint density at radius 3 is 3.08 bits per heavy atom. The van der Waals surface area contributed by atoms with Crippen molar-refractivity contribution in [1.29, 1.82) is 0 Å². The molecule has 2 rings (SSSR count). The van der Waals surface area contributed by atoms with E-state index >= 15 is 0 Å². The second-order valence-electron chi connectivity index (χ2n) is 2.68. The molecule has 13 heavy (non-hydrogen) atoms. The zero-order chi connectivity index (χ0) is 9.10. The number of hydrogen-bond acceptors (Lipinski definition) is 4. The Morgan fingerprint density at radius 2 is 2.23 bits per heavy atom. The van der Waals surface area contributed by atoms with E-state index in [0.29, 0.717) is 6.54 Å². The number of aliphatic hydroxyl groups is 1. The number of aliphatic hydroxyl groups excluding tert-OH is 1. The maximum absolute atomic E-state index is 8.66. The second-order valence-corrected chi connectivity index (χ2v) is 3.45. The highest BCUT2D eigenvalue weighted by Gasteiger charge is 2.02. The van der Waals surface area contributed by atoms with E-state index in [1.165, 1.54) is 11.5 Å². The summed E-state index contributed by atoms with van der Waals surface area (Å²) < 4.78 is 4.27. The average molecular weight is 194 g/mol. The molecule has 0 atom stereocenters. The van der Waals surface area contributed by atoms with Crippen LogP contribution in [0.4, 0.5) is 5.00 Å². The molecule has 0 unspecified atom stereocenters. The number of nitrogens with one attached hydrogen (secondary N) is 1. The lowest BCUT2D eigenvalue weighted by atomic mass is 10.2. The number of rotatable bonds is 3. The minimum Gasteiger partial charge on any atom is -0.395 e. The lowest BCUT2D eigenvalue weighted by molar-refractivity contribution is 0.311. The van der Waals surface area contributed by atoms with Crippen molar-refractivity contribution in [3.8, 4) is 0 Å². The number of hydrogen-bond donors (Lipinski definition) is 2. The Balaban J connectivity index is 2.35. The number of nitrogens with zero attached hydrogens (tertiary/aromatic N) is 1. The first kappa shape index (κ1) is 8.47. The number of benzene rings is 1. The largest absolute Gasteiger partial charge is 0.395 e. The van der Waals surface area contributed by atoms with Gasteiger partial charge in [-0.3, -0.25) is 0 Å². The minimum absolute atomic E-state index is 0.145. The summed E-state index contributed by atoms with van der Waals surface area (Å²) in [6, 6.07) is 7.97.